The maximum absolute atomic E-state index is 12.3. The standard InChI is InChI=1S/C19H19NO4/c21-18(22)17-12-20(11-16(17)15-9-5-2-6-10-15)19(23)24-13-14-7-3-1-4-8-14/h1-10,16-17H,11-13H2,(H,21,22). The molecule has 2 aromatic carbocycles. The third-order valence-electron chi connectivity index (χ3n) is 4.33. The number of carbonyl (C=O) groups excluding carboxylic acids is 1. The Morgan fingerprint density at radius 1 is 1.00 bits per heavy atom. The molecule has 1 heterocycles. The highest BCUT2D eigenvalue weighted by atomic mass is 16.6. The molecule has 124 valence electrons. The number of carbonyl (C=O) groups is 2. The van der Waals surface area contributed by atoms with Crippen molar-refractivity contribution < 1.29 is 19.4 Å². The predicted octanol–water partition coefficient (Wildman–Crippen LogP) is 3.12. The van der Waals surface area contributed by atoms with Gasteiger partial charge in [0.2, 0.25) is 0 Å². The molecule has 0 aliphatic carbocycles. The fraction of sp³-hybridized carbons (Fsp3) is 0.263. The number of carboxylic acid groups (broad SMARTS) is 1. The zero-order valence-electron chi connectivity index (χ0n) is 13.2. The summed E-state index contributed by atoms with van der Waals surface area (Å²) in [6.45, 7) is 0.709. The van der Waals surface area contributed by atoms with Gasteiger partial charge in [-0.1, -0.05) is 60.7 Å². The summed E-state index contributed by atoms with van der Waals surface area (Å²) >= 11 is 0. The van der Waals surface area contributed by atoms with Crippen molar-refractivity contribution in [2.75, 3.05) is 13.1 Å². The van der Waals surface area contributed by atoms with E-state index in [0.29, 0.717) is 6.54 Å². The van der Waals surface area contributed by atoms with Gasteiger partial charge >= 0.3 is 12.1 Å². The van der Waals surface area contributed by atoms with Crippen molar-refractivity contribution in [2.24, 2.45) is 5.92 Å². The fourth-order valence-corrected chi connectivity index (χ4v) is 3.05. The van der Waals surface area contributed by atoms with E-state index in [-0.39, 0.29) is 19.1 Å². The van der Waals surface area contributed by atoms with Crippen LogP contribution in [0, 0.1) is 5.92 Å². The van der Waals surface area contributed by atoms with Gasteiger partial charge in [-0.3, -0.25) is 4.79 Å². The van der Waals surface area contributed by atoms with E-state index in [1.165, 1.54) is 4.90 Å². The predicted molar refractivity (Wildman–Crippen MR) is 88.5 cm³/mol. The Morgan fingerprint density at radius 2 is 1.62 bits per heavy atom. The van der Waals surface area contributed by atoms with Crippen LogP contribution in [0.25, 0.3) is 0 Å². The molecule has 5 heteroatoms. The van der Waals surface area contributed by atoms with Gasteiger partial charge in [-0.25, -0.2) is 4.79 Å². The molecule has 3 rings (SSSR count). The topological polar surface area (TPSA) is 66.8 Å². The quantitative estimate of drug-likeness (QED) is 0.938. The third-order valence-corrected chi connectivity index (χ3v) is 4.33. The Balaban J connectivity index is 1.66. The molecule has 0 aromatic heterocycles. The molecular formula is C19H19NO4. The number of likely N-dealkylation sites (tertiary alicyclic amines) is 1. The summed E-state index contributed by atoms with van der Waals surface area (Å²) < 4.78 is 5.32. The van der Waals surface area contributed by atoms with Gasteiger partial charge in [0.15, 0.2) is 0 Å². The summed E-state index contributed by atoms with van der Waals surface area (Å²) in [4.78, 5) is 25.3. The Morgan fingerprint density at radius 3 is 2.25 bits per heavy atom. The van der Waals surface area contributed by atoms with E-state index in [1.807, 2.05) is 60.7 Å². The van der Waals surface area contributed by atoms with E-state index in [9.17, 15) is 14.7 Å². The minimum atomic E-state index is -0.887. The Bertz CT molecular complexity index is 702. The molecule has 1 amide bonds. The summed E-state index contributed by atoms with van der Waals surface area (Å²) in [5.41, 5.74) is 1.84. The molecule has 0 saturated carbocycles. The van der Waals surface area contributed by atoms with Crippen LogP contribution in [-0.2, 0) is 16.1 Å². The van der Waals surface area contributed by atoms with Crippen LogP contribution in [0.2, 0.25) is 0 Å². The first-order valence-electron chi connectivity index (χ1n) is 7.88. The van der Waals surface area contributed by atoms with Crippen molar-refractivity contribution in [1.82, 2.24) is 4.90 Å². The van der Waals surface area contributed by atoms with Gasteiger partial charge in [-0.05, 0) is 11.1 Å². The number of hydrogen-bond donors (Lipinski definition) is 1. The van der Waals surface area contributed by atoms with Crippen LogP contribution in [-0.4, -0.2) is 35.2 Å². The van der Waals surface area contributed by atoms with E-state index >= 15 is 0 Å². The van der Waals surface area contributed by atoms with Crippen molar-refractivity contribution in [2.45, 2.75) is 12.5 Å². The van der Waals surface area contributed by atoms with Crippen molar-refractivity contribution in [1.29, 1.82) is 0 Å². The smallest absolute Gasteiger partial charge is 0.410 e. The lowest BCUT2D eigenvalue weighted by atomic mass is 9.89. The monoisotopic (exact) mass is 325 g/mol. The van der Waals surface area contributed by atoms with Crippen LogP contribution in [0.1, 0.15) is 17.0 Å². The highest BCUT2D eigenvalue weighted by Gasteiger charge is 2.41. The highest BCUT2D eigenvalue weighted by molar-refractivity contribution is 5.75. The van der Waals surface area contributed by atoms with Gasteiger partial charge in [-0.2, -0.15) is 0 Å². The zero-order valence-corrected chi connectivity index (χ0v) is 13.2. The van der Waals surface area contributed by atoms with E-state index in [4.69, 9.17) is 4.74 Å². The van der Waals surface area contributed by atoms with Crippen LogP contribution in [0.15, 0.2) is 60.7 Å². The number of nitrogens with zero attached hydrogens (tertiary/aromatic N) is 1. The molecule has 2 unspecified atom stereocenters. The molecule has 0 bridgehead atoms. The normalized spacial score (nSPS) is 19.9. The maximum Gasteiger partial charge on any atom is 0.410 e. The molecule has 0 spiro atoms. The summed E-state index contributed by atoms with van der Waals surface area (Å²) in [5, 5.41) is 9.47. The summed E-state index contributed by atoms with van der Waals surface area (Å²) in [6, 6.07) is 18.9. The number of aliphatic carboxylic acids is 1. The second-order valence-electron chi connectivity index (χ2n) is 5.91. The van der Waals surface area contributed by atoms with Gasteiger partial charge in [-0.15, -0.1) is 0 Å². The van der Waals surface area contributed by atoms with E-state index in [2.05, 4.69) is 0 Å². The van der Waals surface area contributed by atoms with Crippen LogP contribution in [0.4, 0.5) is 4.79 Å². The minimum absolute atomic E-state index is 0.169. The highest BCUT2D eigenvalue weighted by Crippen LogP contribution is 2.33. The van der Waals surface area contributed by atoms with Crippen molar-refractivity contribution in [3.05, 3.63) is 71.8 Å². The first-order chi connectivity index (χ1) is 11.6. The van der Waals surface area contributed by atoms with Crippen LogP contribution >= 0.6 is 0 Å². The number of ether oxygens (including phenoxy) is 1. The van der Waals surface area contributed by atoms with Crippen molar-refractivity contribution in [3.63, 3.8) is 0 Å². The summed E-state index contributed by atoms with van der Waals surface area (Å²) in [7, 11) is 0. The molecule has 1 aliphatic heterocycles. The molecule has 1 aliphatic rings. The Hall–Kier alpha value is -2.82. The van der Waals surface area contributed by atoms with Gasteiger partial charge in [0, 0.05) is 19.0 Å². The van der Waals surface area contributed by atoms with Gasteiger partial charge < -0.3 is 14.7 Å². The largest absolute Gasteiger partial charge is 0.481 e. The van der Waals surface area contributed by atoms with E-state index in [1.54, 1.807) is 0 Å². The zero-order chi connectivity index (χ0) is 16.9. The van der Waals surface area contributed by atoms with E-state index in [0.717, 1.165) is 11.1 Å². The first kappa shape index (κ1) is 16.1. The molecular weight excluding hydrogens is 306 g/mol. The van der Waals surface area contributed by atoms with Gasteiger partial charge in [0.25, 0.3) is 0 Å². The van der Waals surface area contributed by atoms with E-state index < -0.39 is 18.0 Å². The average Bonchev–Trinajstić information content (AvgIpc) is 3.07. The van der Waals surface area contributed by atoms with Gasteiger partial charge in [0.05, 0.1) is 5.92 Å². The van der Waals surface area contributed by atoms with Crippen LogP contribution in [0.5, 0.6) is 0 Å². The van der Waals surface area contributed by atoms with Gasteiger partial charge in [0.1, 0.15) is 6.61 Å². The van der Waals surface area contributed by atoms with Crippen LogP contribution < -0.4 is 0 Å². The second kappa shape index (κ2) is 7.17. The number of amides is 1. The third kappa shape index (κ3) is 3.56. The number of rotatable bonds is 4. The maximum atomic E-state index is 12.3. The van der Waals surface area contributed by atoms with Crippen molar-refractivity contribution >= 4 is 12.1 Å². The molecule has 5 nitrogen and oxygen atoms in total. The van der Waals surface area contributed by atoms with Crippen LogP contribution in [0.3, 0.4) is 0 Å². The fourth-order valence-electron chi connectivity index (χ4n) is 3.05. The molecule has 1 fully saturated rings. The summed E-state index contributed by atoms with van der Waals surface area (Å²) in [6.07, 6.45) is -0.469. The molecule has 2 aromatic rings. The first-order valence-corrected chi connectivity index (χ1v) is 7.88. The number of benzene rings is 2. The number of carboxylic acids is 1. The molecule has 24 heavy (non-hydrogen) atoms. The SMILES string of the molecule is O=C(O)C1CN(C(=O)OCc2ccccc2)CC1c1ccccc1. The Labute approximate surface area is 140 Å². The van der Waals surface area contributed by atoms with Crippen molar-refractivity contribution in [3.8, 4) is 0 Å². The summed E-state index contributed by atoms with van der Waals surface area (Å²) in [5.74, 6) is -1.72. The lowest BCUT2D eigenvalue weighted by Crippen LogP contribution is -2.30. The minimum Gasteiger partial charge on any atom is -0.481 e. The number of hydrogen-bond acceptors (Lipinski definition) is 3. The average molecular weight is 325 g/mol. The lowest BCUT2D eigenvalue weighted by molar-refractivity contribution is -0.141. The molecule has 0 radical (unpaired) electrons. The molecule has 2 atom stereocenters. The molecule has 1 saturated heterocycles. The second-order valence-corrected chi connectivity index (χ2v) is 5.91. The lowest BCUT2D eigenvalue weighted by Gasteiger charge is -2.16. The Kier molecular flexibility index (Phi) is 4.79. The molecule has 1 N–H and O–H groups in total.